The minimum absolute atomic E-state index is 0.136. The van der Waals surface area contributed by atoms with Gasteiger partial charge >= 0.3 is 7.60 Å². The Morgan fingerprint density at radius 1 is 1.17 bits per heavy atom. The van der Waals surface area contributed by atoms with Crippen LogP contribution in [0, 0.1) is 5.82 Å². The van der Waals surface area contributed by atoms with E-state index in [9.17, 15) is 23.5 Å². The van der Waals surface area contributed by atoms with E-state index in [1.54, 1.807) is 60.4 Å². The third kappa shape index (κ3) is 5.73. The molecule has 3 N–H and O–H groups in total. The molecule has 30 heavy (non-hydrogen) atoms. The first-order valence-electron chi connectivity index (χ1n) is 9.08. The molecule has 1 heterocycles. The summed E-state index contributed by atoms with van der Waals surface area (Å²) in [6.07, 6.45) is 4.20. The molecule has 0 spiro atoms. The Bertz CT molecular complexity index is 1120. The Hall–Kier alpha value is -3.06. The molecule has 0 bridgehead atoms. The average Bonchev–Trinajstić information content (AvgIpc) is 3.05. The predicted octanol–water partition coefficient (Wildman–Crippen LogP) is 3.23. The van der Waals surface area contributed by atoms with Crippen molar-refractivity contribution in [1.82, 2.24) is 15.1 Å². The molecule has 0 unspecified atom stereocenters. The van der Waals surface area contributed by atoms with Crippen LogP contribution in [0.3, 0.4) is 0 Å². The van der Waals surface area contributed by atoms with Crippen molar-refractivity contribution >= 4 is 19.6 Å². The summed E-state index contributed by atoms with van der Waals surface area (Å²) in [7, 11) is -2.45. The summed E-state index contributed by atoms with van der Waals surface area (Å²) in [5.74, 6) is -0.702. The fourth-order valence-electron chi connectivity index (χ4n) is 3.05. The molecular formula is C21H21FN3O4P. The molecule has 1 aromatic heterocycles. The molecule has 1 amide bonds. The fraction of sp³-hybridized carbons (Fsp3) is 0.143. The van der Waals surface area contributed by atoms with Crippen molar-refractivity contribution in [3.63, 3.8) is 0 Å². The number of carbonyl (C=O) groups excluding carboxylic acids is 1. The van der Waals surface area contributed by atoms with E-state index < -0.39 is 7.60 Å². The van der Waals surface area contributed by atoms with Crippen molar-refractivity contribution in [2.24, 2.45) is 7.05 Å². The summed E-state index contributed by atoms with van der Waals surface area (Å²) in [6, 6.07) is 12.8. The molecule has 0 aliphatic rings. The van der Waals surface area contributed by atoms with Crippen molar-refractivity contribution in [1.29, 1.82) is 0 Å². The standard InChI is InChI=1S/C21H21FN3O4P/c1-25-21(15-6-9-19(22)10-7-15)17(13-24-25)8-11-20(26)23-12-16-4-2-3-5-18(16)14-30(27,28)29/h2-11,13H,12,14H2,1H3,(H,23,26)(H2,27,28,29). The summed E-state index contributed by atoms with van der Waals surface area (Å²) in [5.41, 5.74) is 3.33. The summed E-state index contributed by atoms with van der Waals surface area (Å²) in [5, 5.41) is 6.91. The van der Waals surface area contributed by atoms with Crippen LogP contribution in [-0.4, -0.2) is 25.5 Å². The molecule has 7 nitrogen and oxygen atoms in total. The van der Waals surface area contributed by atoms with E-state index in [1.165, 1.54) is 18.2 Å². The Kier molecular flexibility index (Phi) is 6.62. The number of hydrogen-bond acceptors (Lipinski definition) is 3. The zero-order chi connectivity index (χ0) is 21.7. The largest absolute Gasteiger partial charge is 0.348 e. The number of halogens is 1. The van der Waals surface area contributed by atoms with Crippen LogP contribution in [0.5, 0.6) is 0 Å². The minimum Gasteiger partial charge on any atom is -0.348 e. The van der Waals surface area contributed by atoms with Crippen LogP contribution in [-0.2, 0) is 29.1 Å². The van der Waals surface area contributed by atoms with E-state index in [0.29, 0.717) is 16.7 Å². The number of nitrogens with one attached hydrogen (secondary N) is 1. The lowest BCUT2D eigenvalue weighted by molar-refractivity contribution is -0.116. The Morgan fingerprint density at radius 3 is 2.50 bits per heavy atom. The van der Waals surface area contributed by atoms with Gasteiger partial charge in [-0.15, -0.1) is 0 Å². The number of aryl methyl sites for hydroxylation is 1. The van der Waals surface area contributed by atoms with Crippen molar-refractivity contribution in [2.75, 3.05) is 0 Å². The molecular weight excluding hydrogens is 408 g/mol. The molecule has 3 rings (SSSR count). The van der Waals surface area contributed by atoms with Gasteiger partial charge in [0.15, 0.2) is 0 Å². The first kappa shape index (κ1) is 21.6. The van der Waals surface area contributed by atoms with Gasteiger partial charge in [0.2, 0.25) is 5.91 Å². The number of benzene rings is 2. The number of rotatable bonds is 7. The van der Waals surface area contributed by atoms with Crippen LogP contribution in [0.15, 0.2) is 60.8 Å². The maximum Gasteiger partial charge on any atom is 0.329 e. The van der Waals surface area contributed by atoms with Gasteiger partial charge in [-0.05, 0) is 41.5 Å². The highest BCUT2D eigenvalue weighted by Gasteiger charge is 2.16. The molecule has 0 aliphatic carbocycles. The molecule has 0 aliphatic heterocycles. The van der Waals surface area contributed by atoms with Gasteiger partial charge in [-0.3, -0.25) is 14.0 Å². The molecule has 0 atom stereocenters. The topological polar surface area (TPSA) is 104 Å². The average molecular weight is 429 g/mol. The lowest BCUT2D eigenvalue weighted by Crippen LogP contribution is -2.21. The molecule has 9 heteroatoms. The first-order valence-corrected chi connectivity index (χ1v) is 10.9. The lowest BCUT2D eigenvalue weighted by Gasteiger charge is -2.10. The quantitative estimate of drug-likeness (QED) is 0.395. The van der Waals surface area contributed by atoms with Crippen molar-refractivity contribution in [2.45, 2.75) is 12.7 Å². The lowest BCUT2D eigenvalue weighted by atomic mass is 10.1. The van der Waals surface area contributed by atoms with Gasteiger partial charge < -0.3 is 15.1 Å². The maximum absolute atomic E-state index is 13.2. The zero-order valence-corrected chi connectivity index (χ0v) is 17.1. The van der Waals surface area contributed by atoms with Crippen molar-refractivity contribution in [3.8, 4) is 11.3 Å². The van der Waals surface area contributed by atoms with E-state index in [1.807, 2.05) is 0 Å². The highest BCUT2D eigenvalue weighted by atomic mass is 31.2. The van der Waals surface area contributed by atoms with Gasteiger partial charge in [0.05, 0.1) is 18.1 Å². The highest BCUT2D eigenvalue weighted by Crippen LogP contribution is 2.39. The summed E-state index contributed by atoms with van der Waals surface area (Å²) in [4.78, 5) is 30.7. The number of nitrogens with zero attached hydrogens (tertiary/aromatic N) is 2. The SMILES string of the molecule is Cn1ncc(C=CC(=O)NCc2ccccc2CP(=O)(O)O)c1-c1ccc(F)cc1. The van der Waals surface area contributed by atoms with Crippen LogP contribution in [0.1, 0.15) is 16.7 Å². The molecule has 156 valence electrons. The van der Waals surface area contributed by atoms with E-state index in [-0.39, 0.29) is 24.4 Å². The molecule has 3 aromatic rings. The van der Waals surface area contributed by atoms with Crippen molar-refractivity contribution in [3.05, 3.63) is 83.3 Å². The maximum atomic E-state index is 13.2. The Balaban J connectivity index is 1.70. The zero-order valence-electron chi connectivity index (χ0n) is 16.2. The molecule has 0 saturated carbocycles. The number of amides is 1. The monoisotopic (exact) mass is 429 g/mol. The number of aromatic nitrogens is 2. The van der Waals surface area contributed by atoms with Gasteiger partial charge in [0, 0.05) is 30.8 Å². The third-order valence-electron chi connectivity index (χ3n) is 4.45. The first-order chi connectivity index (χ1) is 14.2. The van der Waals surface area contributed by atoms with E-state index in [0.717, 1.165) is 11.3 Å². The minimum atomic E-state index is -4.21. The van der Waals surface area contributed by atoms with Crippen molar-refractivity contribution < 1.29 is 23.5 Å². The van der Waals surface area contributed by atoms with Crippen LogP contribution in [0.2, 0.25) is 0 Å². The Labute approximate surface area is 173 Å². The normalized spacial score (nSPS) is 11.7. The van der Waals surface area contributed by atoms with Gasteiger partial charge in [-0.2, -0.15) is 5.10 Å². The number of carbonyl (C=O) groups is 1. The highest BCUT2D eigenvalue weighted by molar-refractivity contribution is 7.50. The summed E-state index contributed by atoms with van der Waals surface area (Å²) >= 11 is 0. The molecule has 0 fully saturated rings. The third-order valence-corrected chi connectivity index (χ3v) is 5.20. The van der Waals surface area contributed by atoms with Gasteiger partial charge in [-0.1, -0.05) is 24.3 Å². The predicted molar refractivity (Wildman–Crippen MR) is 112 cm³/mol. The van der Waals surface area contributed by atoms with Crippen LogP contribution in [0.25, 0.3) is 17.3 Å². The molecule has 0 saturated heterocycles. The van der Waals surface area contributed by atoms with Gasteiger partial charge in [0.1, 0.15) is 5.82 Å². The summed E-state index contributed by atoms with van der Waals surface area (Å²) in [6.45, 7) is 0.136. The molecule has 2 aromatic carbocycles. The van der Waals surface area contributed by atoms with E-state index in [2.05, 4.69) is 10.4 Å². The van der Waals surface area contributed by atoms with E-state index in [4.69, 9.17) is 0 Å². The van der Waals surface area contributed by atoms with Gasteiger partial charge in [0.25, 0.3) is 0 Å². The fourth-order valence-corrected chi connectivity index (χ4v) is 3.80. The van der Waals surface area contributed by atoms with Crippen LogP contribution in [0.4, 0.5) is 4.39 Å². The number of hydrogen-bond donors (Lipinski definition) is 3. The van der Waals surface area contributed by atoms with Gasteiger partial charge in [-0.25, -0.2) is 4.39 Å². The second-order valence-corrected chi connectivity index (χ2v) is 8.37. The molecule has 0 radical (unpaired) electrons. The smallest absolute Gasteiger partial charge is 0.329 e. The second kappa shape index (κ2) is 9.17. The van der Waals surface area contributed by atoms with Crippen LogP contribution < -0.4 is 5.32 Å². The Morgan fingerprint density at radius 2 is 1.83 bits per heavy atom. The van der Waals surface area contributed by atoms with Crippen LogP contribution >= 0.6 is 7.60 Å². The summed E-state index contributed by atoms with van der Waals surface area (Å²) < 4.78 is 26.1. The van der Waals surface area contributed by atoms with E-state index >= 15 is 0 Å². The second-order valence-electron chi connectivity index (χ2n) is 6.72.